The third-order valence-electron chi connectivity index (χ3n) is 5.11. The molecule has 2 aromatic rings. The van der Waals surface area contributed by atoms with E-state index in [-0.39, 0.29) is 19.7 Å². The van der Waals surface area contributed by atoms with Gasteiger partial charge in [-0.2, -0.15) is 18.6 Å². The number of aliphatic hydroxyl groups excluding tert-OH is 1. The molecule has 168 valence electrons. The van der Waals surface area contributed by atoms with Crippen LogP contribution in [0.2, 0.25) is 0 Å². The van der Waals surface area contributed by atoms with Gasteiger partial charge in [0.1, 0.15) is 11.7 Å². The van der Waals surface area contributed by atoms with Gasteiger partial charge in [-0.3, -0.25) is 14.0 Å². The number of likely N-dealkylation sites (N-methyl/N-ethyl adjacent to an activating group) is 1. The van der Waals surface area contributed by atoms with Gasteiger partial charge in [0.15, 0.2) is 6.04 Å². The van der Waals surface area contributed by atoms with Crippen molar-refractivity contribution in [1.29, 1.82) is 0 Å². The molecule has 4 heterocycles. The lowest BCUT2D eigenvalue weighted by Crippen LogP contribution is -2.44. The number of nitrogens with zero attached hydrogens (tertiary/aromatic N) is 8. The predicted molar refractivity (Wildman–Crippen MR) is 99.0 cm³/mol. The second-order valence-corrected chi connectivity index (χ2v) is 8.35. The van der Waals surface area contributed by atoms with Crippen LogP contribution < -0.4 is 0 Å². The fourth-order valence-corrected chi connectivity index (χ4v) is 4.28. The number of hydrogen-bond donors (Lipinski definition) is 2. The molecule has 2 atom stereocenters. The first kappa shape index (κ1) is 21.2. The zero-order valence-corrected chi connectivity index (χ0v) is 17.6. The lowest BCUT2D eigenvalue weighted by atomic mass is 9.94. The second kappa shape index (κ2) is 7.26. The van der Waals surface area contributed by atoms with E-state index in [4.69, 9.17) is 4.55 Å². The molecule has 1 fully saturated rings. The van der Waals surface area contributed by atoms with Crippen LogP contribution in [0, 0.1) is 0 Å². The lowest BCUT2D eigenvalue weighted by Gasteiger charge is -2.32. The van der Waals surface area contributed by atoms with Crippen LogP contribution >= 0.6 is 0 Å². The van der Waals surface area contributed by atoms with E-state index in [9.17, 15) is 23.1 Å². The molecule has 2 bridgehead atoms. The van der Waals surface area contributed by atoms with Crippen molar-refractivity contribution in [2.24, 2.45) is 7.05 Å². The highest BCUT2D eigenvalue weighted by molar-refractivity contribution is 7.80. The van der Waals surface area contributed by atoms with Gasteiger partial charge in [-0.15, -0.1) is 9.38 Å². The van der Waals surface area contributed by atoms with Gasteiger partial charge in [0.2, 0.25) is 0 Å². The molecule has 4 rings (SSSR count). The summed E-state index contributed by atoms with van der Waals surface area (Å²) in [6.45, 7) is -0.283. The molecule has 2 unspecified atom stereocenters. The average Bonchev–Trinajstić information content (AvgIpc) is 3.34. The molecule has 31 heavy (non-hydrogen) atoms. The maximum atomic E-state index is 13.0. The van der Waals surface area contributed by atoms with Gasteiger partial charge in [-0.05, 0) is 0 Å². The summed E-state index contributed by atoms with van der Waals surface area (Å²) in [4.78, 5) is 28.3. The van der Waals surface area contributed by atoms with E-state index < -0.39 is 34.4 Å². The molecular weight excluding hydrogens is 436 g/mol. The molecule has 16 heteroatoms. The molecule has 2 aliphatic rings. The van der Waals surface area contributed by atoms with Gasteiger partial charge in [0.05, 0.1) is 37.3 Å². The number of aryl methyl sites for hydroxylation is 1. The van der Waals surface area contributed by atoms with Crippen LogP contribution in [-0.2, 0) is 39.7 Å². The minimum absolute atomic E-state index is 0.0520. The molecule has 0 radical (unpaired) electrons. The van der Waals surface area contributed by atoms with Gasteiger partial charge in [0.25, 0.3) is 5.91 Å². The maximum Gasteiger partial charge on any atom is 0.418 e. The van der Waals surface area contributed by atoms with Crippen molar-refractivity contribution in [1.82, 2.24) is 39.6 Å². The van der Waals surface area contributed by atoms with E-state index in [1.54, 1.807) is 7.05 Å². The molecule has 0 saturated carbocycles. The molecule has 2 aromatic heterocycles. The van der Waals surface area contributed by atoms with Crippen LogP contribution in [0.4, 0.5) is 4.79 Å². The van der Waals surface area contributed by atoms with E-state index in [2.05, 4.69) is 19.7 Å². The van der Waals surface area contributed by atoms with Gasteiger partial charge in [-0.25, -0.2) is 9.48 Å². The molecule has 1 saturated heterocycles. The first-order valence-electron chi connectivity index (χ1n) is 9.05. The van der Waals surface area contributed by atoms with Crippen LogP contribution in [0.15, 0.2) is 6.20 Å². The number of hydrogen-bond acceptors (Lipinski definition) is 9. The quantitative estimate of drug-likeness (QED) is 0.472. The highest BCUT2D eigenvalue weighted by atomic mass is 32.3. The second-order valence-electron chi connectivity index (χ2n) is 7.35. The Morgan fingerprint density at radius 2 is 2.10 bits per heavy atom. The van der Waals surface area contributed by atoms with E-state index in [1.807, 2.05) is 0 Å². The van der Waals surface area contributed by atoms with E-state index in [1.165, 1.54) is 39.5 Å². The van der Waals surface area contributed by atoms with Crippen molar-refractivity contribution in [3.63, 3.8) is 0 Å². The van der Waals surface area contributed by atoms with E-state index in [0.29, 0.717) is 27.7 Å². The summed E-state index contributed by atoms with van der Waals surface area (Å²) >= 11 is 0. The third kappa shape index (κ3) is 3.52. The van der Waals surface area contributed by atoms with Crippen LogP contribution in [-0.4, -0.2) is 90.3 Å². The minimum Gasteiger partial charge on any atom is -0.390 e. The molecule has 0 spiro atoms. The topological polar surface area (TPSA) is 176 Å². The van der Waals surface area contributed by atoms with Gasteiger partial charge >= 0.3 is 16.4 Å². The smallest absolute Gasteiger partial charge is 0.390 e. The van der Waals surface area contributed by atoms with Crippen LogP contribution in [0.1, 0.15) is 34.7 Å². The van der Waals surface area contributed by atoms with E-state index in [0.717, 1.165) is 0 Å². The van der Waals surface area contributed by atoms with Gasteiger partial charge in [0, 0.05) is 26.7 Å². The first-order chi connectivity index (χ1) is 14.5. The number of carbonyl (C=O) groups is 2. The number of fused-ring (bicyclic) bond motifs is 4. The Morgan fingerprint density at radius 1 is 1.39 bits per heavy atom. The summed E-state index contributed by atoms with van der Waals surface area (Å²) in [5.74, 6) is -0.417. The fourth-order valence-electron chi connectivity index (χ4n) is 3.91. The summed E-state index contributed by atoms with van der Waals surface area (Å²) in [6.07, 6.45) is 1.50. The Labute approximate surface area is 176 Å². The lowest BCUT2D eigenvalue weighted by molar-refractivity contribution is -0.134. The number of aromatic nitrogens is 5. The molecule has 2 N–H and O–H groups in total. The number of urea groups is 1. The molecule has 3 amide bonds. The number of amides is 3. The van der Waals surface area contributed by atoms with Crippen molar-refractivity contribution >= 4 is 22.3 Å². The zero-order valence-electron chi connectivity index (χ0n) is 16.8. The average molecular weight is 456 g/mol. The van der Waals surface area contributed by atoms with Crippen molar-refractivity contribution in [2.45, 2.75) is 25.2 Å². The summed E-state index contributed by atoms with van der Waals surface area (Å²) in [5.41, 5.74) is 1.53. The monoisotopic (exact) mass is 456 g/mol. The number of carbonyl (C=O) groups excluding carboxylic acids is 2. The molecule has 2 aliphatic heterocycles. The SMILES string of the molecule is CN(C)C(=O)C1c2c(c(Cn3cc(CO)nn3)nn2C)C2CN1C(=O)N2OS(=O)(=O)O. The number of aliphatic hydroxyl groups is 1. The Balaban J connectivity index is 1.84. The van der Waals surface area contributed by atoms with Crippen LogP contribution in [0.5, 0.6) is 0 Å². The summed E-state index contributed by atoms with van der Waals surface area (Å²) in [6, 6.07) is -2.90. The Morgan fingerprint density at radius 3 is 2.68 bits per heavy atom. The van der Waals surface area contributed by atoms with Crippen molar-refractivity contribution < 1.29 is 31.9 Å². The Bertz CT molecular complexity index is 1160. The Hall–Kier alpha value is -3.08. The normalized spacial score (nSPS) is 20.4. The molecule has 15 nitrogen and oxygen atoms in total. The molecule has 0 aliphatic carbocycles. The number of rotatable bonds is 6. The van der Waals surface area contributed by atoms with E-state index >= 15 is 0 Å². The fraction of sp³-hybridized carbons (Fsp3) is 0.533. The molecular formula is C15H20N8O7S. The van der Waals surface area contributed by atoms with Crippen LogP contribution in [0.3, 0.4) is 0 Å². The predicted octanol–water partition coefficient (Wildman–Crippen LogP) is -1.79. The summed E-state index contributed by atoms with van der Waals surface area (Å²) in [5, 5.41) is 21.9. The highest BCUT2D eigenvalue weighted by Crippen LogP contribution is 2.46. The van der Waals surface area contributed by atoms with Crippen molar-refractivity contribution in [3.8, 4) is 0 Å². The Kier molecular flexibility index (Phi) is 4.95. The minimum atomic E-state index is -5.00. The standard InChI is InChI=1S/C15H20N8O7S/c1-19(2)14(25)13-12-11(10-6-22(13)15(26)23(10)30-31(27,28)29)9(17-20(12)3)5-21-4-8(7-24)16-18-21/h4,10,13,24H,5-7H2,1-3H3,(H,27,28,29). The number of hydroxylamine groups is 2. The maximum absolute atomic E-state index is 13.0. The van der Waals surface area contributed by atoms with Crippen LogP contribution in [0.25, 0.3) is 0 Å². The highest BCUT2D eigenvalue weighted by Gasteiger charge is 2.55. The zero-order chi connectivity index (χ0) is 22.7. The first-order valence-corrected chi connectivity index (χ1v) is 10.4. The summed E-state index contributed by atoms with van der Waals surface area (Å²) < 4.78 is 39.3. The van der Waals surface area contributed by atoms with Gasteiger partial charge in [-0.1, -0.05) is 5.21 Å². The van der Waals surface area contributed by atoms with Gasteiger partial charge < -0.3 is 14.9 Å². The largest absolute Gasteiger partial charge is 0.418 e. The molecule has 0 aromatic carbocycles. The van der Waals surface area contributed by atoms with Crippen molar-refractivity contribution in [2.75, 3.05) is 20.6 Å². The summed E-state index contributed by atoms with van der Waals surface area (Å²) in [7, 11) is -0.336. The third-order valence-corrected chi connectivity index (χ3v) is 5.46. The van der Waals surface area contributed by atoms with Crippen molar-refractivity contribution in [3.05, 3.63) is 28.8 Å².